The molecule has 6 rings (SSSR count). The number of phenols is 1. The fourth-order valence-electron chi connectivity index (χ4n) is 5.93. The number of benzene rings is 3. The van der Waals surface area contributed by atoms with Gasteiger partial charge < -0.3 is 25.2 Å². The van der Waals surface area contributed by atoms with Crippen molar-refractivity contribution in [2.45, 2.75) is 39.7 Å². The quantitative estimate of drug-likeness (QED) is 0.269. The van der Waals surface area contributed by atoms with Crippen LogP contribution < -0.4 is 20.1 Å². The molecular formula is C31H30ClF2N5O3. The molecule has 3 N–H and O–H groups in total. The van der Waals surface area contributed by atoms with E-state index in [1.165, 1.54) is 18.2 Å². The Balaban J connectivity index is 1.68. The van der Waals surface area contributed by atoms with Gasteiger partial charge in [-0.05, 0) is 66.8 Å². The van der Waals surface area contributed by atoms with Crippen molar-refractivity contribution in [3.8, 4) is 28.6 Å². The number of aliphatic imine (C=N–C) groups is 1. The molecule has 8 nitrogen and oxygen atoms in total. The summed E-state index contributed by atoms with van der Waals surface area (Å²) in [5.74, 6) is -0.290. The smallest absolute Gasteiger partial charge is 0.319 e. The molecule has 4 aromatic rings. The van der Waals surface area contributed by atoms with Crippen molar-refractivity contribution in [1.29, 1.82) is 0 Å². The summed E-state index contributed by atoms with van der Waals surface area (Å²) in [7, 11) is 0. The van der Waals surface area contributed by atoms with E-state index in [9.17, 15) is 9.50 Å². The third kappa shape index (κ3) is 4.45. The molecule has 0 aliphatic carbocycles. The highest BCUT2D eigenvalue weighted by Gasteiger charge is 2.34. The predicted molar refractivity (Wildman–Crippen MR) is 161 cm³/mol. The Kier molecular flexibility index (Phi) is 7.26. The summed E-state index contributed by atoms with van der Waals surface area (Å²) in [6.45, 7) is 7.03. The zero-order valence-corrected chi connectivity index (χ0v) is 24.2. The molecule has 0 amide bonds. The van der Waals surface area contributed by atoms with Gasteiger partial charge in [0.05, 0.1) is 29.6 Å². The molecule has 0 saturated carbocycles. The van der Waals surface area contributed by atoms with Crippen molar-refractivity contribution in [3.05, 3.63) is 58.1 Å². The minimum atomic E-state index is -0.766. The lowest BCUT2D eigenvalue weighted by Gasteiger charge is -2.32. The highest BCUT2D eigenvalue weighted by atomic mass is 35.5. The van der Waals surface area contributed by atoms with Crippen molar-refractivity contribution < 1.29 is 23.4 Å². The Morgan fingerprint density at radius 1 is 1.19 bits per heavy atom. The lowest BCUT2D eigenvalue weighted by atomic mass is 9.91. The van der Waals surface area contributed by atoms with Gasteiger partial charge in [-0.1, -0.05) is 30.7 Å². The molecule has 0 radical (unpaired) electrons. The summed E-state index contributed by atoms with van der Waals surface area (Å²) in [5.41, 5.74) is 7.59. The average molecular weight is 594 g/mol. The first-order valence-electron chi connectivity index (χ1n) is 13.9. The van der Waals surface area contributed by atoms with Crippen molar-refractivity contribution in [2.75, 3.05) is 31.2 Å². The summed E-state index contributed by atoms with van der Waals surface area (Å²) < 4.78 is 43.8. The van der Waals surface area contributed by atoms with E-state index in [4.69, 9.17) is 26.8 Å². The van der Waals surface area contributed by atoms with E-state index < -0.39 is 11.6 Å². The molecule has 1 aromatic heterocycles. The lowest BCUT2D eigenvalue weighted by molar-refractivity contribution is 0.313. The van der Waals surface area contributed by atoms with Gasteiger partial charge in [0.15, 0.2) is 11.6 Å². The van der Waals surface area contributed by atoms with Gasteiger partial charge in [-0.25, -0.2) is 8.78 Å². The van der Waals surface area contributed by atoms with E-state index in [1.54, 1.807) is 13.0 Å². The number of halogens is 3. The fourth-order valence-corrected chi connectivity index (χ4v) is 6.27. The molecule has 0 bridgehead atoms. The van der Waals surface area contributed by atoms with Crippen molar-refractivity contribution in [2.24, 2.45) is 10.7 Å². The fraction of sp³-hybridized carbons (Fsp3) is 0.323. The standard InChI is InChI=1S/C31H30ClF2N5O3/c1-4-18-21(33)9-8-16-13-17(40)14-20(22(16)18)23-25(32)28-24-27(26(23)34)37-31(41-5-2)38-30(24)39(11-12-42-28)15(3)19-7-6-10-36-29(19)35/h7-9,13-15,40H,4-6,10-12H2,1-3H3,(H2,35,36)/t15-/m1/s1. The van der Waals surface area contributed by atoms with Crippen LogP contribution in [0.2, 0.25) is 5.02 Å². The first-order valence-corrected chi connectivity index (χ1v) is 14.3. The number of fused-ring (bicyclic) bond motifs is 1. The number of nitrogens with two attached hydrogens (primary N) is 1. The molecule has 0 fully saturated rings. The minimum absolute atomic E-state index is 0.0162. The summed E-state index contributed by atoms with van der Waals surface area (Å²) >= 11 is 7.00. The first kappa shape index (κ1) is 28.0. The number of ether oxygens (including phenoxy) is 2. The topological polar surface area (TPSA) is 106 Å². The second-order valence-electron chi connectivity index (χ2n) is 10.2. The number of hydrogen-bond acceptors (Lipinski definition) is 8. The van der Waals surface area contributed by atoms with Crippen LogP contribution in [0.15, 0.2) is 40.9 Å². The van der Waals surface area contributed by atoms with Crippen LogP contribution >= 0.6 is 11.6 Å². The number of anilines is 1. The van der Waals surface area contributed by atoms with Gasteiger partial charge in [-0.15, -0.1) is 0 Å². The molecule has 2 aliphatic heterocycles. The second-order valence-corrected chi connectivity index (χ2v) is 10.6. The molecule has 0 unspecified atom stereocenters. The van der Waals surface area contributed by atoms with Gasteiger partial charge in [-0.3, -0.25) is 4.99 Å². The maximum Gasteiger partial charge on any atom is 0.319 e. The van der Waals surface area contributed by atoms with Gasteiger partial charge in [0.1, 0.15) is 35.3 Å². The van der Waals surface area contributed by atoms with Gasteiger partial charge >= 0.3 is 6.01 Å². The van der Waals surface area contributed by atoms with Gasteiger partial charge in [0.25, 0.3) is 0 Å². The summed E-state index contributed by atoms with van der Waals surface area (Å²) in [6, 6.07) is 5.49. The highest BCUT2D eigenvalue weighted by molar-refractivity contribution is 6.37. The van der Waals surface area contributed by atoms with Crippen LogP contribution in [0.5, 0.6) is 17.5 Å². The molecule has 3 heterocycles. The molecule has 42 heavy (non-hydrogen) atoms. The van der Waals surface area contributed by atoms with E-state index in [1.807, 2.05) is 18.7 Å². The highest BCUT2D eigenvalue weighted by Crippen LogP contribution is 2.50. The number of phenolic OH excluding ortho intramolecular Hbond substituents is 1. The predicted octanol–water partition coefficient (Wildman–Crippen LogP) is 6.32. The van der Waals surface area contributed by atoms with E-state index in [-0.39, 0.29) is 63.8 Å². The molecule has 0 spiro atoms. The van der Waals surface area contributed by atoms with Crippen LogP contribution in [-0.2, 0) is 6.42 Å². The van der Waals surface area contributed by atoms with E-state index in [2.05, 4.69) is 21.0 Å². The molecule has 1 atom stereocenters. The Bertz CT molecular complexity index is 1810. The van der Waals surface area contributed by atoms with Gasteiger partial charge in [-0.2, -0.15) is 9.97 Å². The van der Waals surface area contributed by atoms with Crippen molar-refractivity contribution in [1.82, 2.24) is 9.97 Å². The molecule has 0 saturated heterocycles. The van der Waals surface area contributed by atoms with Crippen LogP contribution in [0.3, 0.4) is 0 Å². The Labute approximate surface area is 246 Å². The third-order valence-electron chi connectivity index (χ3n) is 7.83. The number of hydrogen-bond donors (Lipinski definition) is 2. The van der Waals surface area contributed by atoms with E-state index in [0.717, 1.165) is 12.0 Å². The average Bonchev–Trinajstić information content (AvgIpc) is 3.16. The number of rotatable bonds is 6. The molecule has 218 valence electrons. The number of aryl methyl sites for hydroxylation is 1. The maximum atomic E-state index is 16.9. The molecule has 2 aliphatic rings. The number of amidine groups is 1. The third-order valence-corrected chi connectivity index (χ3v) is 8.19. The Hall–Kier alpha value is -4.18. The summed E-state index contributed by atoms with van der Waals surface area (Å²) in [6.07, 6.45) is 3.15. The van der Waals surface area contributed by atoms with Crippen molar-refractivity contribution >= 4 is 44.9 Å². The van der Waals surface area contributed by atoms with Gasteiger partial charge in [0.2, 0.25) is 0 Å². The zero-order valence-electron chi connectivity index (χ0n) is 23.5. The maximum absolute atomic E-state index is 16.9. The van der Waals surface area contributed by atoms with Crippen LogP contribution in [-0.4, -0.2) is 53.3 Å². The molecular weight excluding hydrogens is 564 g/mol. The minimum Gasteiger partial charge on any atom is -0.508 e. The van der Waals surface area contributed by atoms with E-state index in [0.29, 0.717) is 47.5 Å². The molecule has 3 aromatic carbocycles. The molecule has 11 heteroatoms. The van der Waals surface area contributed by atoms with Crippen LogP contribution in [0.1, 0.15) is 32.8 Å². The second kappa shape index (κ2) is 10.9. The Morgan fingerprint density at radius 2 is 2.00 bits per heavy atom. The van der Waals surface area contributed by atoms with E-state index >= 15 is 4.39 Å². The number of aromatic nitrogens is 2. The number of nitrogens with zero attached hydrogens (tertiary/aromatic N) is 4. The zero-order chi connectivity index (χ0) is 29.7. The number of aromatic hydroxyl groups is 1. The monoisotopic (exact) mass is 593 g/mol. The Morgan fingerprint density at radius 3 is 2.74 bits per heavy atom. The van der Waals surface area contributed by atoms with Gasteiger partial charge in [0, 0.05) is 17.7 Å². The summed E-state index contributed by atoms with van der Waals surface area (Å²) in [4.78, 5) is 15.5. The van der Waals surface area contributed by atoms with Crippen LogP contribution in [0, 0.1) is 11.6 Å². The SMILES string of the molecule is CCOc1nc2c3c(c(Cl)c(-c4cc(O)cc5ccc(F)c(CC)c45)c(F)c3n1)OCCN2[C@H](C)C1=CCCN=C1N. The normalized spacial score (nSPS) is 15.7. The lowest BCUT2D eigenvalue weighted by Crippen LogP contribution is -2.41. The van der Waals surface area contributed by atoms with Crippen LogP contribution in [0.4, 0.5) is 14.6 Å². The summed E-state index contributed by atoms with van der Waals surface area (Å²) in [5, 5.41) is 11.9. The van der Waals surface area contributed by atoms with Crippen molar-refractivity contribution in [3.63, 3.8) is 0 Å². The van der Waals surface area contributed by atoms with Crippen LogP contribution in [0.25, 0.3) is 32.8 Å². The largest absolute Gasteiger partial charge is 0.508 e. The number of dihydropyridines is 1. The first-order chi connectivity index (χ1) is 20.2.